The van der Waals surface area contributed by atoms with Crippen molar-refractivity contribution in [3.63, 3.8) is 0 Å². The molecule has 0 spiro atoms. The Morgan fingerprint density at radius 1 is 0.944 bits per heavy atom. The topological polar surface area (TPSA) is 64.1 Å². The number of esters is 1. The first-order valence-corrected chi connectivity index (χ1v) is 13.5. The van der Waals surface area contributed by atoms with Gasteiger partial charge >= 0.3 is 5.97 Å². The number of aromatic nitrogens is 2. The molecule has 5 aromatic rings. The van der Waals surface area contributed by atoms with Crippen molar-refractivity contribution in [1.82, 2.24) is 9.97 Å². The number of fused-ring (bicyclic) bond motifs is 1. The van der Waals surface area contributed by atoms with Crippen LogP contribution >= 0.6 is 22.7 Å². The number of carbonyl (C=O) groups is 1. The molecule has 0 aliphatic carbocycles. The zero-order valence-electron chi connectivity index (χ0n) is 20.9. The number of rotatable bonds is 6. The molecule has 0 aliphatic heterocycles. The minimum Gasteiger partial charge on any atom is -0.465 e. The van der Waals surface area contributed by atoms with Crippen molar-refractivity contribution in [2.24, 2.45) is 0 Å². The molecule has 1 N–H and O–H groups in total. The van der Waals surface area contributed by atoms with Gasteiger partial charge in [0.25, 0.3) is 0 Å². The Kier molecular flexibility index (Phi) is 6.60. The van der Waals surface area contributed by atoms with Gasteiger partial charge in [0.2, 0.25) is 0 Å². The lowest BCUT2D eigenvalue weighted by Crippen LogP contribution is -2.06. The van der Waals surface area contributed by atoms with E-state index in [-0.39, 0.29) is 5.97 Å². The third-order valence-electron chi connectivity index (χ3n) is 6.35. The van der Waals surface area contributed by atoms with E-state index in [9.17, 15) is 4.79 Å². The molecule has 5 rings (SSSR count). The third kappa shape index (κ3) is 4.40. The van der Waals surface area contributed by atoms with Crippen LogP contribution in [0.5, 0.6) is 0 Å². The number of aryl methyl sites for hydroxylation is 2. The summed E-state index contributed by atoms with van der Waals surface area (Å²) in [5, 5.41) is 9.22. The first kappa shape index (κ1) is 24.2. The Hall–Kier alpha value is -3.55. The standard InChI is InChI=1S/C29H27N3O2S2/c1-16(2)19-8-10-20(11-9-19)22-13-35-27-24(22)26(30-15-31-27)32-28-25(29(33)34-5)23(14-36-28)21-12-17(3)6-7-18(21)4/h6-16H,1-5H3,(H,30,31,32). The van der Waals surface area contributed by atoms with Gasteiger partial charge in [-0.25, -0.2) is 14.8 Å². The fourth-order valence-corrected chi connectivity index (χ4v) is 6.18. The summed E-state index contributed by atoms with van der Waals surface area (Å²) in [7, 11) is 1.41. The van der Waals surface area contributed by atoms with Gasteiger partial charge < -0.3 is 10.1 Å². The van der Waals surface area contributed by atoms with Crippen LogP contribution in [-0.4, -0.2) is 23.0 Å². The van der Waals surface area contributed by atoms with E-state index in [1.54, 1.807) is 17.7 Å². The predicted molar refractivity (Wildman–Crippen MR) is 151 cm³/mol. The summed E-state index contributed by atoms with van der Waals surface area (Å²) in [5.74, 6) is 0.763. The average molecular weight is 514 g/mol. The summed E-state index contributed by atoms with van der Waals surface area (Å²) in [6.45, 7) is 8.49. The van der Waals surface area contributed by atoms with Gasteiger partial charge in [0.15, 0.2) is 0 Å². The Labute approximate surface area is 218 Å². The molecule has 0 saturated carbocycles. The molecule has 7 heteroatoms. The molecule has 0 atom stereocenters. The summed E-state index contributed by atoms with van der Waals surface area (Å²) < 4.78 is 5.20. The van der Waals surface area contributed by atoms with Gasteiger partial charge in [-0.3, -0.25) is 0 Å². The summed E-state index contributed by atoms with van der Waals surface area (Å²) >= 11 is 3.06. The fraction of sp³-hybridized carbons (Fsp3) is 0.207. The van der Waals surface area contributed by atoms with Gasteiger partial charge in [0, 0.05) is 21.9 Å². The van der Waals surface area contributed by atoms with Crippen molar-refractivity contribution >= 4 is 49.7 Å². The van der Waals surface area contributed by atoms with E-state index in [4.69, 9.17) is 4.74 Å². The van der Waals surface area contributed by atoms with Crippen molar-refractivity contribution in [2.45, 2.75) is 33.6 Å². The minimum atomic E-state index is -0.380. The Morgan fingerprint density at radius 2 is 1.69 bits per heavy atom. The first-order valence-electron chi connectivity index (χ1n) is 11.7. The molecule has 2 aromatic carbocycles. The number of benzene rings is 2. The Bertz CT molecular complexity index is 1570. The molecule has 0 fully saturated rings. The number of carbonyl (C=O) groups excluding carboxylic acids is 1. The number of hydrogen-bond donors (Lipinski definition) is 1. The number of hydrogen-bond acceptors (Lipinski definition) is 7. The van der Waals surface area contributed by atoms with Gasteiger partial charge in [-0.05, 0) is 42.0 Å². The van der Waals surface area contributed by atoms with Gasteiger partial charge in [-0.15, -0.1) is 22.7 Å². The van der Waals surface area contributed by atoms with Crippen LogP contribution in [0.1, 0.15) is 46.8 Å². The highest BCUT2D eigenvalue weighted by atomic mass is 32.1. The van der Waals surface area contributed by atoms with Crippen molar-refractivity contribution in [3.05, 3.63) is 81.8 Å². The highest BCUT2D eigenvalue weighted by molar-refractivity contribution is 7.17. The Morgan fingerprint density at radius 3 is 2.42 bits per heavy atom. The first-order chi connectivity index (χ1) is 17.4. The normalized spacial score (nSPS) is 11.3. The Balaban J connectivity index is 1.61. The molecule has 0 radical (unpaired) electrons. The van der Waals surface area contributed by atoms with E-state index in [0.29, 0.717) is 22.3 Å². The molecule has 0 aliphatic rings. The lowest BCUT2D eigenvalue weighted by atomic mass is 9.97. The van der Waals surface area contributed by atoms with Crippen LogP contribution in [0.15, 0.2) is 59.6 Å². The molecule has 5 nitrogen and oxygen atoms in total. The zero-order valence-corrected chi connectivity index (χ0v) is 22.5. The predicted octanol–water partition coefficient (Wildman–Crippen LogP) is 8.36. The lowest BCUT2D eigenvalue weighted by Gasteiger charge is -2.12. The monoisotopic (exact) mass is 513 g/mol. The highest BCUT2D eigenvalue weighted by Crippen LogP contribution is 2.42. The molecule has 182 valence electrons. The maximum Gasteiger partial charge on any atom is 0.341 e. The van der Waals surface area contributed by atoms with Gasteiger partial charge in [-0.1, -0.05) is 61.9 Å². The molecule has 36 heavy (non-hydrogen) atoms. The fourth-order valence-electron chi connectivity index (χ4n) is 4.32. The van der Waals surface area contributed by atoms with Crippen LogP contribution in [0.25, 0.3) is 32.5 Å². The number of nitrogens with zero attached hydrogens (tertiary/aromatic N) is 2. The van der Waals surface area contributed by atoms with Crippen LogP contribution in [0, 0.1) is 13.8 Å². The second kappa shape index (κ2) is 9.84. The van der Waals surface area contributed by atoms with Crippen LogP contribution in [0.3, 0.4) is 0 Å². The molecule has 3 aromatic heterocycles. The van der Waals surface area contributed by atoms with Gasteiger partial charge in [0.1, 0.15) is 27.5 Å². The number of anilines is 2. The highest BCUT2D eigenvalue weighted by Gasteiger charge is 2.24. The van der Waals surface area contributed by atoms with Gasteiger partial charge in [-0.2, -0.15) is 0 Å². The smallest absolute Gasteiger partial charge is 0.341 e. The van der Waals surface area contributed by atoms with E-state index >= 15 is 0 Å². The van der Waals surface area contributed by atoms with Crippen molar-refractivity contribution < 1.29 is 9.53 Å². The molecule has 0 amide bonds. The maximum atomic E-state index is 13.0. The SMILES string of the molecule is COC(=O)c1c(-c2cc(C)ccc2C)csc1Nc1ncnc2scc(-c3ccc(C(C)C)cc3)c12. The van der Waals surface area contributed by atoms with Crippen molar-refractivity contribution in [3.8, 4) is 22.3 Å². The number of methoxy groups -OCH3 is 1. The van der Waals surface area contributed by atoms with Crippen molar-refractivity contribution in [1.29, 1.82) is 0 Å². The molecule has 0 unspecified atom stereocenters. The molecular weight excluding hydrogens is 486 g/mol. The van der Waals surface area contributed by atoms with E-state index in [0.717, 1.165) is 43.6 Å². The average Bonchev–Trinajstić information content (AvgIpc) is 3.50. The summed E-state index contributed by atoms with van der Waals surface area (Å²) in [5.41, 5.74) is 8.11. The number of ether oxygens (including phenoxy) is 1. The summed E-state index contributed by atoms with van der Waals surface area (Å²) in [4.78, 5) is 23.0. The minimum absolute atomic E-state index is 0.380. The van der Waals surface area contributed by atoms with E-state index in [2.05, 4.69) is 90.8 Å². The number of thiophene rings is 2. The maximum absolute atomic E-state index is 13.0. The molecule has 0 saturated heterocycles. The molecular formula is C29H27N3O2S2. The van der Waals surface area contributed by atoms with Crippen LogP contribution in [0.2, 0.25) is 0 Å². The zero-order chi connectivity index (χ0) is 25.4. The second-order valence-electron chi connectivity index (χ2n) is 9.12. The third-order valence-corrected chi connectivity index (χ3v) is 8.14. The van der Waals surface area contributed by atoms with E-state index in [1.165, 1.54) is 24.0 Å². The summed E-state index contributed by atoms with van der Waals surface area (Å²) in [6.07, 6.45) is 1.56. The van der Waals surface area contributed by atoms with Crippen LogP contribution in [0.4, 0.5) is 10.8 Å². The molecule has 3 heterocycles. The lowest BCUT2D eigenvalue weighted by molar-refractivity contribution is 0.0603. The quantitative estimate of drug-likeness (QED) is 0.231. The van der Waals surface area contributed by atoms with Gasteiger partial charge in [0.05, 0.1) is 12.5 Å². The molecule has 0 bridgehead atoms. The largest absolute Gasteiger partial charge is 0.465 e. The second-order valence-corrected chi connectivity index (χ2v) is 10.9. The number of nitrogens with one attached hydrogen (secondary N) is 1. The van der Waals surface area contributed by atoms with E-state index < -0.39 is 0 Å². The van der Waals surface area contributed by atoms with Crippen molar-refractivity contribution in [2.75, 3.05) is 12.4 Å². The van der Waals surface area contributed by atoms with Crippen LogP contribution in [-0.2, 0) is 4.74 Å². The van der Waals surface area contributed by atoms with E-state index in [1.807, 2.05) is 5.38 Å². The summed E-state index contributed by atoms with van der Waals surface area (Å²) in [6, 6.07) is 14.9. The van der Waals surface area contributed by atoms with Crippen LogP contribution < -0.4 is 5.32 Å².